The number of nitrogens with zero attached hydrogens (tertiary/aromatic N) is 4. The summed E-state index contributed by atoms with van der Waals surface area (Å²) < 4.78 is 13.0. The zero-order valence-electron chi connectivity index (χ0n) is 11.7. The summed E-state index contributed by atoms with van der Waals surface area (Å²) in [7, 11) is 3.36. The summed E-state index contributed by atoms with van der Waals surface area (Å²) in [6.45, 7) is 2.45. The summed E-state index contributed by atoms with van der Waals surface area (Å²) in [5, 5.41) is 0. The van der Waals surface area contributed by atoms with E-state index in [0.717, 1.165) is 25.5 Å². The van der Waals surface area contributed by atoms with E-state index >= 15 is 0 Å². The second-order valence-electron chi connectivity index (χ2n) is 4.81. The summed E-state index contributed by atoms with van der Waals surface area (Å²) in [6.07, 6.45) is 3.75. The van der Waals surface area contributed by atoms with Gasteiger partial charge in [-0.3, -0.25) is 0 Å². The minimum Gasteiger partial charge on any atom is -0.481 e. The van der Waals surface area contributed by atoms with E-state index in [1.165, 1.54) is 12.0 Å². The molecule has 0 aromatic carbocycles. The Morgan fingerprint density at radius 2 is 2.15 bits per heavy atom. The highest BCUT2D eigenvalue weighted by Gasteiger charge is 2.22. The van der Waals surface area contributed by atoms with Crippen molar-refractivity contribution in [3.05, 3.63) is 36.4 Å². The summed E-state index contributed by atoms with van der Waals surface area (Å²) in [4.78, 5) is 10.6. The first-order chi connectivity index (χ1) is 9.80. The van der Waals surface area contributed by atoms with Crippen molar-refractivity contribution >= 4 is 5.82 Å². The first kappa shape index (κ1) is 12.9. The molecule has 0 spiro atoms. The van der Waals surface area contributed by atoms with E-state index in [1.807, 2.05) is 6.07 Å². The summed E-state index contributed by atoms with van der Waals surface area (Å²) in [6, 6.07) is 6.04. The van der Waals surface area contributed by atoms with Crippen LogP contribution >= 0.6 is 0 Å². The van der Waals surface area contributed by atoms with Gasteiger partial charge in [-0.15, -0.1) is 0 Å². The summed E-state index contributed by atoms with van der Waals surface area (Å²) in [5.74, 6) is 1.43. The number of hydrogen-bond acceptors (Lipinski definition) is 5. The molecule has 0 N–H and O–H groups in total. The molecule has 3 rings (SSSR count). The van der Waals surface area contributed by atoms with E-state index < -0.39 is 0 Å². The number of aromatic nitrogens is 3. The van der Waals surface area contributed by atoms with Gasteiger partial charge in [-0.25, -0.2) is 9.97 Å². The predicted molar refractivity (Wildman–Crippen MR) is 74.9 cm³/mol. The number of hydrogen-bond donors (Lipinski definition) is 0. The van der Waals surface area contributed by atoms with Gasteiger partial charge in [0, 0.05) is 31.6 Å². The molecule has 0 radical (unpaired) electrons. The average molecular weight is 274 g/mol. The van der Waals surface area contributed by atoms with Gasteiger partial charge in [0.25, 0.3) is 0 Å². The molecular weight excluding hydrogens is 256 g/mol. The van der Waals surface area contributed by atoms with E-state index in [0.29, 0.717) is 5.88 Å². The molecule has 3 heterocycles. The molecular formula is C14H18N4O2. The van der Waals surface area contributed by atoms with Crippen LogP contribution in [0.1, 0.15) is 5.69 Å². The topological polar surface area (TPSA) is 52.4 Å². The quantitative estimate of drug-likeness (QED) is 0.845. The van der Waals surface area contributed by atoms with Crippen molar-refractivity contribution in [2.75, 3.05) is 25.7 Å². The van der Waals surface area contributed by atoms with E-state index in [1.54, 1.807) is 14.2 Å². The lowest BCUT2D eigenvalue weighted by Gasteiger charge is -2.24. The van der Waals surface area contributed by atoms with Crippen molar-refractivity contribution in [1.29, 1.82) is 0 Å². The highest BCUT2D eigenvalue weighted by molar-refractivity contribution is 5.42. The number of fused-ring (bicyclic) bond motifs is 1. The maximum Gasteiger partial charge on any atom is 0.218 e. The minimum absolute atomic E-state index is 0.129. The van der Waals surface area contributed by atoms with Crippen LogP contribution in [0.2, 0.25) is 0 Å². The zero-order valence-corrected chi connectivity index (χ0v) is 11.7. The Kier molecular flexibility index (Phi) is 3.56. The first-order valence-electron chi connectivity index (χ1n) is 6.58. The van der Waals surface area contributed by atoms with E-state index in [4.69, 9.17) is 9.47 Å². The highest BCUT2D eigenvalue weighted by Crippen LogP contribution is 2.22. The van der Waals surface area contributed by atoms with Crippen molar-refractivity contribution in [1.82, 2.24) is 14.5 Å². The normalized spacial score (nSPS) is 18.5. The fraction of sp³-hybridized carbons (Fsp3) is 0.429. The fourth-order valence-electron chi connectivity index (χ4n) is 2.49. The Bertz CT molecular complexity index is 584. The van der Waals surface area contributed by atoms with Crippen LogP contribution < -0.4 is 9.64 Å². The van der Waals surface area contributed by atoms with Crippen molar-refractivity contribution < 1.29 is 9.47 Å². The van der Waals surface area contributed by atoms with Crippen LogP contribution in [0.5, 0.6) is 5.88 Å². The smallest absolute Gasteiger partial charge is 0.218 e. The van der Waals surface area contributed by atoms with Gasteiger partial charge in [0.15, 0.2) is 0 Å². The molecule has 0 amide bonds. The first-order valence-corrected chi connectivity index (χ1v) is 6.58. The summed E-state index contributed by atoms with van der Waals surface area (Å²) in [5.41, 5.74) is 1.25. The van der Waals surface area contributed by atoms with Crippen LogP contribution in [-0.4, -0.2) is 41.4 Å². The van der Waals surface area contributed by atoms with Crippen LogP contribution in [-0.2, 0) is 17.8 Å². The van der Waals surface area contributed by atoms with Gasteiger partial charge in [0.1, 0.15) is 12.1 Å². The van der Waals surface area contributed by atoms with Gasteiger partial charge in [-0.1, -0.05) is 0 Å². The maximum absolute atomic E-state index is 5.57. The molecule has 2 aromatic rings. The number of anilines is 1. The molecule has 1 unspecified atom stereocenters. The lowest BCUT2D eigenvalue weighted by Crippen LogP contribution is -2.32. The third kappa shape index (κ3) is 2.46. The van der Waals surface area contributed by atoms with Gasteiger partial charge < -0.3 is 18.9 Å². The standard InChI is InChI=1S/C14H18N4O2/c1-19-12-8-17-5-3-4-11(17)7-18(9-12)13-6-14(20-2)16-10-15-13/h3-6,10,12H,7-9H2,1-2H3. The Hall–Kier alpha value is -2.08. The Morgan fingerprint density at radius 1 is 1.25 bits per heavy atom. The van der Waals surface area contributed by atoms with Crippen molar-refractivity contribution in [3.8, 4) is 5.88 Å². The Balaban J connectivity index is 1.92. The van der Waals surface area contributed by atoms with Crippen LogP contribution in [0.25, 0.3) is 0 Å². The number of methoxy groups -OCH3 is 2. The molecule has 0 bridgehead atoms. The predicted octanol–water partition coefficient (Wildman–Crippen LogP) is 1.32. The monoisotopic (exact) mass is 274 g/mol. The SMILES string of the molecule is COc1cc(N2Cc3cccn3CC(OC)C2)ncn1. The molecule has 20 heavy (non-hydrogen) atoms. The molecule has 0 saturated carbocycles. The molecule has 6 nitrogen and oxygen atoms in total. The molecule has 0 fully saturated rings. The molecule has 1 aliphatic rings. The Morgan fingerprint density at radius 3 is 2.95 bits per heavy atom. The van der Waals surface area contributed by atoms with Gasteiger partial charge in [-0.2, -0.15) is 0 Å². The lowest BCUT2D eigenvalue weighted by atomic mass is 10.3. The van der Waals surface area contributed by atoms with E-state index in [2.05, 4.69) is 37.8 Å². The second kappa shape index (κ2) is 5.50. The Labute approximate surface area is 118 Å². The third-order valence-corrected chi connectivity index (χ3v) is 3.59. The van der Waals surface area contributed by atoms with Crippen molar-refractivity contribution in [2.24, 2.45) is 0 Å². The molecule has 1 aliphatic heterocycles. The number of rotatable bonds is 3. The molecule has 1 atom stereocenters. The van der Waals surface area contributed by atoms with Gasteiger partial charge >= 0.3 is 0 Å². The molecule has 0 saturated heterocycles. The van der Waals surface area contributed by atoms with Gasteiger partial charge in [0.05, 0.1) is 26.3 Å². The summed E-state index contributed by atoms with van der Waals surface area (Å²) >= 11 is 0. The fourth-order valence-corrected chi connectivity index (χ4v) is 2.49. The number of ether oxygens (including phenoxy) is 2. The van der Waals surface area contributed by atoms with Crippen molar-refractivity contribution in [3.63, 3.8) is 0 Å². The largest absolute Gasteiger partial charge is 0.481 e. The average Bonchev–Trinajstić information content (AvgIpc) is 2.84. The van der Waals surface area contributed by atoms with Crippen molar-refractivity contribution in [2.45, 2.75) is 19.2 Å². The molecule has 106 valence electrons. The van der Waals surface area contributed by atoms with Crippen LogP contribution in [0, 0.1) is 0 Å². The molecule has 6 heteroatoms. The minimum atomic E-state index is 0.129. The van der Waals surface area contributed by atoms with Crippen LogP contribution in [0.4, 0.5) is 5.82 Å². The second-order valence-corrected chi connectivity index (χ2v) is 4.81. The molecule has 2 aromatic heterocycles. The van der Waals surface area contributed by atoms with E-state index in [9.17, 15) is 0 Å². The zero-order chi connectivity index (χ0) is 13.9. The van der Waals surface area contributed by atoms with Crippen LogP contribution in [0.15, 0.2) is 30.7 Å². The highest BCUT2D eigenvalue weighted by atomic mass is 16.5. The maximum atomic E-state index is 5.57. The third-order valence-electron chi connectivity index (χ3n) is 3.59. The molecule has 0 aliphatic carbocycles. The van der Waals surface area contributed by atoms with Gasteiger partial charge in [0.2, 0.25) is 5.88 Å². The van der Waals surface area contributed by atoms with Crippen LogP contribution in [0.3, 0.4) is 0 Å². The van der Waals surface area contributed by atoms with E-state index in [-0.39, 0.29) is 6.10 Å². The lowest BCUT2D eigenvalue weighted by molar-refractivity contribution is 0.0957. The van der Waals surface area contributed by atoms with Gasteiger partial charge in [-0.05, 0) is 12.1 Å².